The predicted molar refractivity (Wildman–Crippen MR) is 273 cm³/mol. The number of fused-ring (bicyclic) bond motifs is 16. The molecule has 0 radical (unpaired) electrons. The Bertz CT molecular complexity index is 3400. The van der Waals surface area contributed by atoms with E-state index in [9.17, 15) is 0 Å². The highest BCUT2D eigenvalue weighted by Crippen LogP contribution is 2.64. The van der Waals surface area contributed by atoms with Gasteiger partial charge in [-0.3, -0.25) is 0 Å². The summed E-state index contributed by atoms with van der Waals surface area (Å²) in [6, 6.07) is 75.9. The molecule has 2 aliphatic carbocycles. The Hall–Kier alpha value is -7.22. The van der Waals surface area contributed by atoms with E-state index in [0.717, 1.165) is 17.1 Å². The number of hydrogen-bond donors (Lipinski definition) is 0. The summed E-state index contributed by atoms with van der Waals surface area (Å²) in [7, 11) is 0. The minimum Gasteiger partial charge on any atom is -0.310 e. The summed E-state index contributed by atoms with van der Waals surface area (Å²) in [4.78, 5) is 2.49. The van der Waals surface area contributed by atoms with Gasteiger partial charge in [-0.1, -0.05) is 205 Å². The molecule has 0 aliphatic heterocycles. The standard InChI is InChI=1S/C63H51N/c1-61(2,3)42-26-32-53-54-33-27-43(62(4,5)6)37-59(54)63(58(53)36-42)57-23-15-14-22-52(57)55-35-31-46(39-60(55)63)64(44-28-24-41(25-29-44)40-16-8-7-9-17-40)45-30-34-51-49-20-11-10-18-47(49)48-19-12-13-21-50(48)56(51)38-45/h7-39H,1-6H3. The minimum absolute atomic E-state index is 0.0152. The summed E-state index contributed by atoms with van der Waals surface area (Å²) in [5, 5.41) is 7.64. The van der Waals surface area contributed by atoms with Crippen LogP contribution in [0.2, 0.25) is 0 Å². The van der Waals surface area contributed by atoms with Gasteiger partial charge in [0.1, 0.15) is 0 Å². The normalized spacial score (nSPS) is 13.6. The van der Waals surface area contributed by atoms with E-state index < -0.39 is 5.41 Å². The first-order valence-corrected chi connectivity index (χ1v) is 22.8. The molecular weight excluding hydrogens is 771 g/mol. The van der Waals surface area contributed by atoms with Crippen LogP contribution in [0.25, 0.3) is 65.7 Å². The Balaban J connectivity index is 1.15. The fourth-order valence-electron chi connectivity index (χ4n) is 11.2. The zero-order chi connectivity index (χ0) is 43.5. The third-order valence-electron chi connectivity index (χ3n) is 14.4. The molecule has 0 heterocycles. The first kappa shape index (κ1) is 38.5. The van der Waals surface area contributed by atoms with Gasteiger partial charge in [0, 0.05) is 17.1 Å². The van der Waals surface area contributed by atoms with Crippen molar-refractivity contribution in [3.8, 4) is 33.4 Å². The minimum atomic E-state index is -0.504. The number of anilines is 3. The topological polar surface area (TPSA) is 3.24 Å². The van der Waals surface area contributed by atoms with Crippen LogP contribution in [0.5, 0.6) is 0 Å². The first-order chi connectivity index (χ1) is 31.0. The molecule has 2 aliphatic rings. The molecule has 0 saturated heterocycles. The molecule has 0 atom stereocenters. The highest BCUT2D eigenvalue weighted by Gasteiger charge is 2.52. The molecule has 308 valence electrons. The van der Waals surface area contributed by atoms with Crippen LogP contribution >= 0.6 is 0 Å². The molecule has 64 heavy (non-hydrogen) atoms. The van der Waals surface area contributed by atoms with E-state index in [1.165, 1.54) is 99.1 Å². The third-order valence-corrected chi connectivity index (χ3v) is 14.4. The Morgan fingerprint density at radius 1 is 0.297 bits per heavy atom. The van der Waals surface area contributed by atoms with E-state index in [1.807, 2.05) is 0 Å². The Kier molecular flexibility index (Phi) is 8.35. The smallest absolute Gasteiger partial charge is 0.0726 e. The van der Waals surface area contributed by atoms with Crippen LogP contribution in [0, 0.1) is 0 Å². The SMILES string of the molecule is CC(C)(C)c1ccc2c(c1)C1(c3ccccc3-c3ccc(N(c4ccc(-c5ccccc5)cc4)c4ccc5c6ccccc6c6ccccc6c5c4)cc31)c1cc(C(C)(C)C)ccc1-2. The van der Waals surface area contributed by atoms with Crippen molar-refractivity contribution in [2.45, 2.75) is 57.8 Å². The second kappa shape index (κ2) is 13.9. The van der Waals surface area contributed by atoms with Crippen molar-refractivity contribution in [2.75, 3.05) is 4.90 Å². The summed E-state index contributed by atoms with van der Waals surface area (Å²) < 4.78 is 0. The lowest BCUT2D eigenvalue weighted by molar-refractivity contribution is 0.586. The maximum absolute atomic E-state index is 2.55. The van der Waals surface area contributed by atoms with Crippen molar-refractivity contribution < 1.29 is 0 Å². The van der Waals surface area contributed by atoms with Crippen LogP contribution in [0.15, 0.2) is 200 Å². The van der Waals surface area contributed by atoms with Crippen molar-refractivity contribution >= 4 is 49.4 Å². The fraction of sp³-hybridized carbons (Fsp3) is 0.143. The Labute approximate surface area is 377 Å². The molecule has 0 bridgehead atoms. The molecule has 12 rings (SSSR count). The molecule has 10 aromatic rings. The van der Waals surface area contributed by atoms with Gasteiger partial charge in [-0.25, -0.2) is 0 Å². The maximum Gasteiger partial charge on any atom is 0.0726 e. The zero-order valence-corrected chi connectivity index (χ0v) is 37.5. The van der Waals surface area contributed by atoms with E-state index in [0.29, 0.717) is 0 Å². The monoisotopic (exact) mass is 821 g/mol. The van der Waals surface area contributed by atoms with E-state index in [4.69, 9.17) is 0 Å². The van der Waals surface area contributed by atoms with Crippen LogP contribution < -0.4 is 4.90 Å². The predicted octanol–water partition coefficient (Wildman–Crippen LogP) is 17.2. The van der Waals surface area contributed by atoms with Crippen LogP contribution in [-0.2, 0) is 16.2 Å². The molecular formula is C63H51N. The van der Waals surface area contributed by atoms with Crippen molar-refractivity contribution in [3.63, 3.8) is 0 Å². The van der Waals surface area contributed by atoms with Crippen molar-refractivity contribution in [1.82, 2.24) is 0 Å². The second-order valence-corrected chi connectivity index (χ2v) is 20.1. The lowest BCUT2D eigenvalue weighted by Crippen LogP contribution is -2.27. The average Bonchev–Trinajstić information content (AvgIpc) is 3.78. The summed E-state index contributed by atoms with van der Waals surface area (Å²) >= 11 is 0. The van der Waals surface area contributed by atoms with Gasteiger partial charge in [-0.2, -0.15) is 0 Å². The zero-order valence-electron chi connectivity index (χ0n) is 37.5. The van der Waals surface area contributed by atoms with E-state index >= 15 is 0 Å². The molecule has 1 nitrogen and oxygen atoms in total. The second-order valence-electron chi connectivity index (χ2n) is 20.1. The van der Waals surface area contributed by atoms with Crippen LogP contribution in [0.3, 0.4) is 0 Å². The van der Waals surface area contributed by atoms with Crippen molar-refractivity contribution in [1.29, 1.82) is 0 Å². The van der Waals surface area contributed by atoms with Crippen LogP contribution in [-0.4, -0.2) is 0 Å². The van der Waals surface area contributed by atoms with Crippen LogP contribution in [0.1, 0.15) is 74.9 Å². The third kappa shape index (κ3) is 5.63. The molecule has 10 aromatic carbocycles. The summed E-state index contributed by atoms with van der Waals surface area (Å²) in [5.74, 6) is 0. The van der Waals surface area contributed by atoms with E-state index in [-0.39, 0.29) is 10.8 Å². The fourth-order valence-corrected chi connectivity index (χ4v) is 11.2. The molecule has 0 saturated carbocycles. The highest BCUT2D eigenvalue weighted by atomic mass is 15.1. The van der Waals surface area contributed by atoms with Gasteiger partial charge in [-0.15, -0.1) is 0 Å². The van der Waals surface area contributed by atoms with Gasteiger partial charge in [0.15, 0.2) is 0 Å². The van der Waals surface area contributed by atoms with E-state index in [1.54, 1.807) is 0 Å². The lowest BCUT2D eigenvalue weighted by atomic mass is 9.68. The molecule has 1 spiro atoms. The number of rotatable bonds is 4. The van der Waals surface area contributed by atoms with Gasteiger partial charge < -0.3 is 4.90 Å². The lowest BCUT2D eigenvalue weighted by Gasteiger charge is -2.34. The van der Waals surface area contributed by atoms with E-state index in [2.05, 4.69) is 247 Å². The number of benzene rings is 10. The average molecular weight is 822 g/mol. The van der Waals surface area contributed by atoms with Gasteiger partial charge in [0.25, 0.3) is 0 Å². The summed E-state index contributed by atoms with van der Waals surface area (Å²) in [5.41, 5.74) is 18.7. The molecule has 0 aromatic heterocycles. The Morgan fingerprint density at radius 2 is 0.703 bits per heavy atom. The maximum atomic E-state index is 2.55. The highest BCUT2D eigenvalue weighted by molar-refractivity contribution is 6.25. The largest absolute Gasteiger partial charge is 0.310 e. The summed E-state index contributed by atoms with van der Waals surface area (Å²) in [6.07, 6.45) is 0. The molecule has 0 amide bonds. The summed E-state index contributed by atoms with van der Waals surface area (Å²) in [6.45, 7) is 14.0. The van der Waals surface area contributed by atoms with Gasteiger partial charge in [0.05, 0.1) is 5.41 Å². The quantitative estimate of drug-likeness (QED) is 0.160. The molecule has 0 N–H and O–H groups in total. The first-order valence-electron chi connectivity index (χ1n) is 22.8. The van der Waals surface area contributed by atoms with Gasteiger partial charge in [-0.05, 0) is 146 Å². The van der Waals surface area contributed by atoms with Crippen molar-refractivity contribution in [2.24, 2.45) is 0 Å². The van der Waals surface area contributed by atoms with Gasteiger partial charge in [0.2, 0.25) is 0 Å². The van der Waals surface area contributed by atoms with Crippen molar-refractivity contribution in [3.05, 3.63) is 234 Å². The molecule has 0 unspecified atom stereocenters. The number of hydrogen-bond acceptors (Lipinski definition) is 1. The molecule has 1 heteroatoms. The van der Waals surface area contributed by atoms with Crippen LogP contribution in [0.4, 0.5) is 17.1 Å². The Morgan fingerprint density at radius 3 is 1.28 bits per heavy atom. The molecule has 0 fully saturated rings. The number of nitrogens with zero attached hydrogens (tertiary/aromatic N) is 1. The van der Waals surface area contributed by atoms with Gasteiger partial charge >= 0.3 is 0 Å².